The summed E-state index contributed by atoms with van der Waals surface area (Å²) in [6.45, 7) is 7.11. The number of guanidine groups is 1. The summed E-state index contributed by atoms with van der Waals surface area (Å²) in [5, 5.41) is 10.6. The highest BCUT2D eigenvalue weighted by Gasteiger charge is 2.14. The first-order chi connectivity index (χ1) is 13.2. The number of aryl methyl sites for hydroxylation is 2. The molecule has 0 aliphatic carbocycles. The maximum absolute atomic E-state index is 5.13. The molecule has 0 radical (unpaired) electrons. The van der Waals surface area contributed by atoms with Gasteiger partial charge < -0.3 is 20.1 Å². The Kier molecular flexibility index (Phi) is 6.68. The molecule has 27 heavy (non-hydrogen) atoms. The van der Waals surface area contributed by atoms with Crippen molar-refractivity contribution in [1.82, 2.24) is 20.8 Å². The summed E-state index contributed by atoms with van der Waals surface area (Å²) in [5.41, 5.74) is 2.58. The van der Waals surface area contributed by atoms with E-state index in [9.17, 15) is 0 Å². The zero-order chi connectivity index (χ0) is 19.1. The van der Waals surface area contributed by atoms with Gasteiger partial charge in [-0.3, -0.25) is 4.99 Å². The van der Waals surface area contributed by atoms with Crippen LogP contribution in [0.2, 0.25) is 0 Å². The van der Waals surface area contributed by atoms with Crippen molar-refractivity contribution >= 4 is 11.6 Å². The third kappa shape index (κ3) is 5.45. The third-order valence-electron chi connectivity index (χ3n) is 4.85. The van der Waals surface area contributed by atoms with Crippen molar-refractivity contribution in [3.8, 4) is 0 Å². The van der Waals surface area contributed by atoms with Crippen molar-refractivity contribution < 1.29 is 4.52 Å². The molecule has 1 unspecified atom stereocenters. The van der Waals surface area contributed by atoms with Crippen LogP contribution in [0.4, 0.5) is 5.69 Å². The van der Waals surface area contributed by atoms with E-state index >= 15 is 0 Å². The molecular weight excluding hydrogens is 340 g/mol. The van der Waals surface area contributed by atoms with Crippen molar-refractivity contribution in [1.29, 1.82) is 0 Å². The fourth-order valence-corrected chi connectivity index (χ4v) is 3.34. The Bertz CT molecular complexity index is 750. The molecule has 0 saturated carbocycles. The number of rotatable bonds is 7. The van der Waals surface area contributed by atoms with Gasteiger partial charge in [-0.2, -0.15) is 4.98 Å². The van der Waals surface area contributed by atoms with Gasteiger partial charge in [0.2, 0.25) is 5.89 Å². The highest BCUT2D eigenvalue weighted by atomic mass is 16.5. The lowest BCUT2D eigenvalue weighted by Crippen LogP contribution is -2.39. The SMILES string of the molecule is CN=C(NCCCc1nc(C)no1)NC(C)c1cccc(N2CCCC2)c1. The van der Waals surface area contributed by atoms with E-state index in [1.165, 1.54) is 24.1 Å². The molecule has 1 aliphatic heterocycles. The van der Waals surface area contributed by atoms with Gasteiger partial charge in [0, 0.05) is 38.8 Å². The summed E-state index contributed by atoms with van der Waals surface area (Å²) >= 11 is 0. The molecule has 0 amide bonds. The lowest BCUT2D eigenvalue weighted by molar-refractivity contribution is 0.372. The Labute approximate surface area is 161 Å². The summed E-state index contributed by atoms with van der Waals surface area (Å²) in [6.07, 6.45) is 4.24. The Morgan fingerprint density at radius 3 is 2.85 bits per heavy atom. The number of hydrogen-bond donors (Lipinski definition) is 2. The fraction of sp³-hybridized carbons (Fsp3) is 0.550. The van der Waals surface area contributed by atoms with Gasteiger partial charge in [0.1, 0.15) is 0 Å². The molecule has 1 aliphatic rings. The molecule has 146 valence electrons. The molecule has 2 N–H and O–H groups in total. The van der Waals surface area contributed by atoms with Gasteiger partial charge in [-0.15, -0.1) is 0 Å². The van der Waals surface area contributed by atoms with Crippen molar-refractivity contribution in [2.45, 2.75) is 45.6 Å². The van der Waals surface area contributed by atoms with Crippen molar-refractivity contribution in [2.24, 2.45) is 4.99 Å². The van der Waals surface area contributed by atoms with E-state index in [4.69, 9.17) is 4.52 Å². The summed E-state index contributed by atoms with van der Waals surface area (Å²) in [5.74, 6) is 2.17. The molecule has 2 heterocycles. The maximum atomic E-state index is 5.13. The average molecular weight is 371 g/mol. The number of anilines is 1. The normalized spacial score (nSPS) is 15.8. The Hall–Kier alpha value is -2.57. The highest BCUT2D eigenvalue weighted by molar-refractivity contribution is 5.80. The molecule has 1 aromatic carbocycles. The van der Waals surface area contributed by atoms with Gasteiger partial charge in [0.15, 0.2) is 11.8 Å². The van der Waals surface area contributed by atoms with Crippen LogP contribution in [0.1, 0.15) is 49.5 Å². The molecule has 3 rings (SSSR count). The van der Waals surface area contributed by atoms with Crippen molar-refractivity contribution in [2.75, 3.05) is 31.6 Å². The quantitative estimate of drug-likeness (QED) is 0.443. The topological polar surface area (TPSA) is 78.6 Å². The van der Waals surface area contributed by atoms with Crippen molar-refractivity contribution in [3.63, 3.8) is 0 Å². The highest BCUT2D eigenvalue weighted by Crippen LogP contribution is 2.23. The number of aliphatic imine (C=N–C) groups is 1. The van der Waals surface area contributed by atoms with Gasteiger partial charge in [-0.25, -0.2) is 0 Å². The summed E-state index contributed by atoms with van der Waals surface area (Å²) in [6, 6.07) is 8.98. The molecule has 1 fully saturated rings. The smallest absolute Gasteiger partial charge is 0.226 e. The predicted molar refractivity (Wildman–Crippen MR) is 108 cm³/mol. The van der Waals surface area contributed by atoms with E-state index < -0.39 is 0 Å². The number of hydrogen-bond acceptors (Lipinski definition) is 5. The van der Waals surface area contributed by atoms with E-state index in [-0.39, 0.29) is 6.04 Å². The summed E-state index contributed by atoms with van der Waals surface area (Å²) in [4.78, 5) is 11.0. The first kappa shape index (κ1) is 19.2. The maximum Gasteiger partial charge on any atom is 0.226 e. The molecule has 1 aromatic heterocycles. The van der Waals surface area contributed by atoms with Crippen LogP contribution in [0.3, 0.4) is 0 Å². The van der Waals surface area contributed by atoms with Gasteiger partial charge in [0.25, 0.3) is 0 Å². The second-order valence-corrected chi connectivity index (χ2v) is 6.99. The number of aromatic nitrogens is 2. The molecule has 1 atom stereocenters. The first-order valence-electron chi connectivity index (χ1n) is 9.77. The zero-order valence-electron chi connectivity index (χ0n) is 16.5. The van der Waals surface area contributed by atoms with Gasteiger partial charge >= 0.3 is 0 Å². The van der Waals surface area contributed by atoms with Crippen LogP contribution < -0.4 is 15.5 Å². The minimum atomic E-state index is 0.178. The Morgan fingerprint density at radius 1 is 1.33 bits per heavy atom. The second kappa shape index (κ2) is 9.39. The standard InChI is InChI=1S/C20H30N6O/c1-15(17-8-6-9-18(14-17)26-12-4-5-13-26)23-20(21-3)22-11-7-10-19-24-16(2)25-27-19/h6,8-9,14-15H,4-5,7,10-13H2,1-3H3,(H2,21,22,23). The summed E-state index contributed by atoms with van der Waals surface area (Å²) in [7, 11) is 1.80. The van der Waals surface area contributed by atoms with E-state index in [1.54, 1.807) is 7.05 Å². The van der Waals surface area contributed by atoms with Gasteiger partial charge in [-0.05, 0) is 50.8 Å². The molecule has 7 nitrogen and oxygen atoms in total. The number of benzene rings is 1. The molecule has 0 bridgehead atoms. The Morgan fingerprint density at radius 2 is 2.15 bits per heavy atom. The molecule has 1 saturated heterocycles. The first-order valence-corrected chi connectivity index (χ1v) is 9.77. The fourth-order valence-electron chi connectivity index (χ4n) is 3.34. The number of nitrogens with one attached hydrogen (secondary N) is 2. The minimum Gasteiger partial charge on any atom is -0.372 e. The van der Waals surface area contributed by atoms with Gasteiger partial charge in [-0.1, -0.05) is 17.3 Å². The van der Waals surface area contributed by atoms with E-state index in [1.807, 2.05) is 6.92 Å². The van der Waals surface area contributed by atoms with Crippen LogP contribution >= 0.6 is 0 Å². The lowest BCUT2D eigenvalue weighted by atomic mass is 10.1. The van der Waals surface area contributed by atoms with Crippen LogP contribution in [0.25, 0.3) is 0 Å². The predicted octanol–water partition coefficient (Wildman–Crippen LogP) is 2.84. The molecule has 7 heteroatoms. The van der Waals surface area contributed by atoms with Crippen LogP contribution in [0.5, 0.6) is 0 Å². The largest absolute Gasteiger partial charge is 0.372 e. The average Bonchev–Trinajstić information content (AvgIpc) is 3.36. The molecule has 2 aromatic rings. The van der Waals surface area contributed by atoms with E-state index in [0.29, 0.717) is 11.7 Å². The second-order valence-electron chi connectivity index (χ2n) is 6.99. The van der Waals surface area contributed by atoms with E-state index in [2.05, 4.69) is 61.9 Å². The van der Waals surface area contributed by atoms with E-state index in [0.717, 1.165) is 38.4 Å². The monoisotopic (exact) mass is 370 g/mol. The number of nitrogens with zero attached hydrogens (tertiary/aromatic N) is 4. The van der Waals surface area contributed by atoms with Gasteiger partial charge in [0.05, 0.1) is 6.04 Å². The van der Waals surface area contributed by atoms with Crippen LogP contribution in [0.15, 0.2) is 33.8 Å². The third-order valence-corrected chi connectivity index (χ3v) is 4.85. The lowest BCUT2D eigenvalue weighted by Gasteiger charge is -2.22. The van der Waals surface area contributed by atoms with Crippen LogP contribution in [-0.2, 0) is 6.42 Å². The molecule has 0 spiro atoms. The minimum absolute atomic E-state index is 0.178. The summed E-state index contributed by atoms with van der Waals surface area (Å²) < 4.78 is 5.13. The Balaban J connectivity index is 1.48. The van der Waals surface area contributed by atoms with Crippen molar-refractivity contribution in [3.05, 3.63) is 41.5 Å². The zero-order valence-corrected chi connectivity index (χ0v) is 16.5. The van der Waals surface area contributed by atoms with Crippen LogP contribution in [0, 0.1) is 6.92 Å². The molecular formula is C20H30N6O. The van der Waals surface area contributed by atoms with Crippen LogP contribution in [-0.4, -0.2) is 42.8 Å².